The van der Waals surface area contributed by atoms with E-state index < -0.39 is 9.84 Å². The van der Waals surface area contributed by atoms with Crippen molar-refractivity contribution in [3.05, 3.63) is 15.6 Å². The van der Waals surface area contributed by atoms with E-state index in [1.165, 1.54) is 23.4 Å². The van der Waals surface area contributed by atoms with Crippen LogP contribution in [0.4, 0.5) is 0 Å². The second kappa shape index (κ2) is 5.73. The molecule has 4 nitrogen and oxygen atoms in total. The molecule has 1 saturated heterocycles. The molecule has 1 aliphatic carbocycles. The Kier molecular flexibility index (Phi) is 4.15. The Balaban J connectivity index is 1.76. The molecule has 6 heteroatoms. The van der Waals surface area contributed by atoms with Gasteiger partial charge in [0, 0.05) is 23.3 Å². The quantitative estimate of drug-likeness (QED) is 0.819. The van der Waals surface area contributed by atoms with Crippen LogP contribution in [0.1, 0.15) is 60.0 Å². The predicted octanol–water partition coefficient (Wildman–Crippen LogP) is 2.42. The van der Waals surface area contributed by atoms with Crippen LogP contribution in [0.15, 0.2) is 0 Å². The van der Waals surface area contributed by atoms with Gasteiger partial charge in [0.2, 0.25) is 0 Å². The first-order valence-corrected chi connectivity index (χ1v) is 10.1. The maximum Gasteiger partial charge on any atom is 0.151 e. The number of hydrogen-bond donors (Lipinski definition) is 1. The summed E-state index contributed by atoms with van der Waals surface area (Å²) in [6.45, 7) is 4.07. The minimum atomic E-state index is -2.82. The Morgan fingerprint density at radius 1 is 1.30 bits per heavy atom. The van der Waals surface area contributed by atoms with E-state index in [4.69, 9.17) is 4.98 Å². The third-order valence-corrected chi connectivity index (χ3v) is 7.00. The summed E-state index contributed by atoms with van der Waals surface area (Å²) in [5.41, 5.74) is 1.25. The van der Waals surface area contributed by atoms with Crippen molar-refractivity contribution in [3.8, 4) is 0 Å². The number of thiazole rings is 1. The highest BCUT2D eigenvalue weighted by atomic mass is 32.2. The average molecular weight is 314 g/mol. The number of nitrogens with one attached hydrogen (secondary N) is 1. The number of hydrogen-bond acceptors (Lipinski definition) is 5. The van der Waals surface area contributed by atoms with Gasteiger partial charge in [-0.25, -0.2) is 13.4 Å². The molecular formula is C14H22N2O2S2. The van der Waals surface area contributed by atoms with Gasteiger partial charge >= 0.3 is 0 Å². The lowest BCUT2D eigenvalue weighted by Gasteiger charge is -2.02. The molecule has 0 bridgehead atoms. The van der Waals surface area contributed by atoms with E-state index in [1.54, 1.807) is 11.3 Å². The molecule has 2 aliphatic rings. The Morgan fingerprint density at radius 2 is 2.10 bits per heavy atom. The Bertz CT molecular complexity index is 576. The molecule has 0 spiro atoms. The fraction of sp³-hybridized carbons (Fsp3) is 0.786. The molecule has 2 heterocycles. The maximum atomic E-state index is 11.6. The normalized spacial score (nSPS) is 25.1. The highest BCUT2D eigenvalue weighted by molar-refractivity contribution is 7.91. The zero-order chi connectivity index (χ0) is 14.2. The Labute approximate surface area is 124 Å². The van der Waals surface area contributed by atoms with Crippen LogP contribution >= 0.6 is 11.3 Å². The Morgan fingerprint density at radius 3 is 2.70 bits per heavy atom. The van der Waals surface area contributed by atoms with Gasteiger partial charge in [0.25, 0.3) is 0 Å². The van der Waals surface area contributed by atoms with E-state index in [0.717, 1.165) is 30.9 Å². The first kappa shape index (κ1) is 14.5. The summed E-state index contributed by atoms with van der Waals surface area (Å²) in [6, 6.07) is 0. The van der Waals surface area contributed by atoms with Gasteiger partial charge in [0.15, 0.2) is 9.84 Å². The number of rotatable bonds is 6. The fourth-order valence-corrected chi connectivity index (χ4v) is 5.84. The first-order valence-electron chi connectivity index (χ1n) is 7.49. The molecule has 1 unspecified atom stereocenters. The minimum Gasteiger partial charge on any atom is -0.312 e. The smallest absolute Gasteiger partial charge is 0.151 e. The lowest BCUT2D eigenvalue weighted by molar-refractivity contribution is 0.601. The number of aromatic nitrogens is 1. The zero-order valence-corrected chi connectivity index (χ0v) is 13.5. The average Bonchev–Trinajstić information content (AvgIpc) is 3.06. The van der Waals surface area contributed by atoms with Crippen LogP contribution in [0.5, 0.6) is 0 Å². The summed E-state index contributed by atoms with van der Waals surface area (Å²) in [7, 11) is -2.82. The van der Waals surface area contributed by atoms with Crippen LogP contribution in [-0.4, -0.2) is 31.5 Å². The molecule has 1 aromatic heterocycles. The standard InChI is InChI=1S/C14H22N2O2S2/c1-2-6-15-8-12-13(10-3-4-10)16-14(19-12)11-5-7-20(17,18)9-11/h10-11,15H,2-9H2,1H3. The van der Waals surface area contributed by atoms with Crippen LogP contribution in [0, 0.1) is 0 Å². The lowest BCUT2D eigenvalue weighted by atomic mass is 10.1. The van der Waals surface area contributed by atoms with Crippen molar-refractivity contribution in [3.63, 3.8) is 0 Å². The van der Waals surface area contributed by atoms with Crippen LogP contribution in [0.2, 0.25) is 0 Å². The molecule has 1 atom stereocenters. The summed E-state index contributed by atoms with van der Waals surface area (Å²) < 4.78 is 23.3. The Hall–Kier alpha value is -0.460. The van der Waals surface area contributed by atoms with Crippen molar-refractivity contribution in [2.75, 3.05) is 18.1 Å². The third-order valence-electron chi connectivity index (χ3n) is 4.00. The topological polar surface area (TPSA) is 59.1 Å². The van der Waals surface area contributed by atoms with Gasteiger partial charge < -0.3 is 5.32 Å². The molecule has 2 fully saturated rings. The van der Waals surface area contributed by atoms with Crippen LogP contribution in [-0.2, 0) is 16.4 Å². The van der Waals surface area contributed by atoms with Gasteiger partial charge in [-0.1, -0.05) is 6.92 Å². The first-order chi connectivity index (χ1) is 9.59. The molecule has 1 saturated carbocycles. The molecule has 1 aliphatic heterocycles. The van der Waals surface area contributed by atoms with E-state index in [9.17, 15) is 8.42 Å². The highest BCUT2D eigenvalue weighted by Gasteiger charge is 2.34. The SMILES string of the molecule is CCCNCc1sc(C2CCS(=O)(=O)C2)nc1C1CC1. The largest absolute Gasteiger partial charge is 0.312 e. The van der Waals surface area contributed by atoms with Gasteiger partial charge in [-0.15, -0.1) is 11.3 Å². The summed E-state index contributed by atoms with van der Waals surface area (Å²) >= 11 is 1.74. The van der Waals surface area contributed by atoms with Crippen molar-refractivity contribution in [2.45, 2.75) is 51.0 Å². The lowest BCUT2D eigenvalue weighted by Crippen LogP contribution is -2.13. The highest BCUT2D eigenvalue weighted by Crippen LogP contribution is 2.44. The van der Waals surface area contributed by atoms with Gasteiger partial charge in [-0.05, 0) is 32.2 Å². The van der Waals surface area contributed by atoms with E-state index in [2.05, 4.69) is 12.2 Å². The third kappa shape index (κ3) is 3.23. The van der Waals surface area contributed by atoms with Crippen molar-refractivity contribution in [1.29, 1.82) is 0 Å². The van der Waals surface area contributed by atoms with Crippen molar-refractivity contribution < 1.29 is 8.42 Å². The molecule has 1 aromatic rings. The van der Waals surface area contributed by atoms with Crippen molar-refractivity contribution in [2.24, 2.45) is 0 Å². The minimum absolute atomic E-state index is 0.141. The van der Waals surface area contributed by atoms with Crippen LogP contribution in [0.3, 0.4) is 0 Å². The van der Waals surface area contributed by atoms with Gasteiger partial charge in [-0.2, -0.15) is 0 Å². The molecule has 3 rings (SSSR count). The molecule has 0 amide bonds. The predicted molar refractivity (Wildman–Crippen MR) is 82.1 cm³/mol. The number of nitrogens with zero attached hydrogens (tertiary/aromatic N) is 1. The van der Waals surface area contributed by atoms with Gasteiger partial charge in [0.05, 0.1) is 22.2 Å². The molecule has 112 valence electrons. The van der Waals surface area contributed by atoms with Crippen LogP contribution < -0.4 is 5.32 Å². The van der Waals surface area contributed by atoms with E-state index >= 15 is 0 Å². The summed E-state index contributed by atoms with van der Waals surface area (Å²) in [6.07, 6.45) is 4.37. The van der Waals surface area contributed by atoms with E-state index in [-0.39, 0.29) is 5.92 Å². The monoisotopic (exact) mass is 314 g/mol. The number of sulfone groups is 1. The molecular weight excluding hydrogens is 292 g/mol. The second-order valence-corrected chi connectivity index (χ2v) is 9.26. The van der Waals surface area contributed by atoms with E-state index in [1.807, 2.05) is 0 Å². The molecule has 1 N–H and O–H groups in total. The second-order valence-electron chi connectivity index (χ2n) is 5.91. The van der Waals surface area contributed by atoms with Gasteiger partial charge in [0.1, 0.15) is 0 Å². The summed E-state index contributed by atoms with van der Waals surface area (Å²) in [5, 5.41) is 4.50. The van der Waals surface area contributed by atoms with Crippen LogP contribution in [0.25, 0.3) is 0 Å². The summed E-state index contributed by atoms with van der Waals surface area (Å²) in [4.78, 5) is 6.15. The maximum absolute atomic E-state index is 11.6. The molecule has 0 aromatic carbocycles. The molecule has 20 heavy (non-hydrogen) atoms. The van der Waals surface area contributed by atoms with E-state index in [0.29, 0.717) is 17.4 Å². The zero-order valence-electron chi connectivity index (χ0n) is 11.9. The van der Waals surface area contributed by atoms with Crippen molar-refractivity contribution >= 4 is 21.2 Å². The van der Waals surface area contributed by atoms with Gasteiger partial charge in [-0.3, -0.25) is 0 Å². The fourth-order valence-electron chi connectivity index (χ4n) is 2.73. The summed E-state index contributed by atoms with van der Waals surface area (Å²) in [5.74, 6) is 1.41. The van der Waals surface area contributed by atoms with Crippen molar-refractivity contribution in [1.82, 2.24) is 10.3 Å². The molecule has 0 radical (unpaired) electrons.